The number of rotatable bonds is 10. The first kappa shape index (κ1) is 24.8. The van der Waals surface area contributed by atoms with Gasteiger partial charge in [0, 0.05) is 13.1 Å². The lowest BCUT2D eigenvalue weighted by atomic mass is 10.0. The zero-order valence-corrected chi connectivity index (χ0v) is 20.0. The van der Waals surface area contributed by atoms with Gasteiger partial charge < -0.3 is 16.0 Å². The van der Waals surface area contributed by atoms with Gasteiger partial charge >= 0.3 is 5.69 Å². The summed E-state index contributed by atoms with van der Waals surface area (Å²) in [6, 6.07) is 17.7. The topological polar surface area (TPSA) is 113 Å². The van der Waals surface area contributed by atoms with E-state index in [0.29, 0.717) is 25.4 Å². The van der Waals surface area contributed by atoms with Crippen LogP contribution in [0.2, 0.25) is 0 Å². The average Bonchev–Trinajstić information content (AvgIpc) is 2.82. The fourth-order valence-electron chi connectivity index (χ4n) is 3.80. The molecule has 1 amide bonds. The van der Waals surface area contributed by atoms with Crippen LogP contribution in [0.15, 0.2) is 64.2 Å². The lowest BCUT2D eigenvalue weighted by Gasteiger charge is -2.24. The third-order valence-corrected chi connectivity index (χ3v) is 5.81. The van der Waals surface area contributed by atoms with E-state index in [2.05, 4.69) is 48.4 Å². The number of benzene rings is 2. The SMILES string of the molecule is CCN(CC(=O)NCCc1ccc(C(C)C)cc1)c1c(N)n(Cc2ccccc2)c(=O)[nH]c1=O. The molecule has 0 fully saturated rings. The Labute approximate surface area is 199 Å². The van der Waals surface area contributed by atoms with Crippen LogP contribution >= 0.6 is 0 Å². The summed E-state index contributed by atoms with van der Waals surface area (Å²) in [5, 5.41) is 2.91. The van der Waals surface area contributed by atoms with Crippen molar-refractivity contribution in [1.29, 1.82) is 0 Å². The molecule has 8 heteroatoms. The van der Waals surface area contributed by atoms with Crippen LogP contribution in [-0.2, 0) is 17.8 Å². The predicted octanol–water partition coefficient (Wildman–Crippen LogP) is 2.48. The van der Waals surface area contributed by atoms with Crippen molar-refractivity contribution >= 4 is 17.4 Å². The highest BCUT2D eigenvalue weighted by molar-refractivity contribution is 5.82. The molecule has 34 heavy (non-hydrogen) atoms. The number of aromatic nitrogens is 2. The standard InChI is InChI=1S/C26H33N5O3/c1-4-30(17-22(32)28-15-14-19-10-12-21(13-11-19)18(2)3)23-24(27)31(26(34)29-25(23)33)16-20-8-6-5-7-9-20/h5-13,18H,4,14-17,27H2,1-3H3,(H,28,32)(H,29,33,34). The van der Waals surface area contributed by atoms with E-state index in [1.165, 1.54) is 10.1 Å². The molecule has 0 saturated carbocycles. The summed E-state index contributed by atoms with van der Waals surface area (Å²) in [6.07, 6.45) is 0.709. The van der Waals surface area contributed by atoms with Crippen molar-refractivity contribution in [2.45, 2.75) is 39.7 Å². The molecule has 0 spiro atoms. The van der Waals surface area contributed by atoms with Crippen LogP contribution in [0.4, 0.5) is 11.5 Å². The number of amides is 1. The van der Waals surface area contributed by atoms with Crippen LogP contribution in [0, 0.1) is 0 Å². The minimum Gasteiger partial charge on any atom is -0.383 e. The summed E-state index contributed by atoms with van der Waals surface area (Å²) in [6.45, 7) is 7.17. The first-order chi connectivity index (χ1) is 16.3. The van der Waals surface area contributed by atoms with E-state index in [-0.39, 0.29) is 30.5 Å². The third-order valence-electron chi connectivity index (χ3n) is 5.81. The van der Waals surface area contributed by atoms with Crippen LogP contribution in [0.1, 0.15) is 43.4 Å². The van der Waals surface area contributed by atoms with E-state index in [4.69, 9.17) is 5.73 Å². The highest BCUT2D eigenvalue weighted by Crippen LogP contribution is 2.17. The molecule has 180 valence electrons. The van der Waals surface area contributed by atoms with E-state index in [1.54, 1.807) is 4.90 Å². The van der Waals surface area contributed by atoms with Gasteiger partial charge in [-0.1, -0.05) is 68.4 Å². The molecule has 0 aliphatic carbocycles. The Hall–Kier alpha value is -3.81. The number of anilines is 2. The molecule has 0 unspecified atom stereocenters. The zero-order chi connectivity index (χ0) is 24.7. The molecule has 8 nitrogen and oxygen atoms in total. The Bertz CT molecular complexity index is 1210. The molecular formula is C26H33N5O3. The summed E-state index contributed by atoms with van der Waals surface area (Å²) in [5.74, 6) is 0.296. The Morgan fingerprint density at radius 2 is 1.74 bits per heavy atom. The summed E-state index contributed by atoms with van der Waals surface area (Å²) >= 11 is 0. The predicted molar refractivity (Wildman–Crippen MR) is 136 cm³/mol. The normalized spacial score (nSPS) is 10.9. The van der Waals surface area contributed by atoms with Gasteiger partial charge in [0.25, 0.3) is 5.56 Å². The summed E-state index contributed by atoms with van der Waals surface area (Å²) in [4.78, 5) is 41.5. The number of nitrogens with one attached hydrogen (secondary N) is 2. The molecule has 3 rings (SSSR count). The number of likely N-dealkylation sites (N-methyl/N-ethyl adjacent to an activating group) is 1. The van der Waals surface area contributed by atoms with Crippen LogP contribution in [-0.4, -0.2) is 35.1 Å². The Morgan fingerprint density at radius 1 is 1.06 bits per heavy atom. The first-order valence-corrected chi connectivity index (χ1v) is 11.6. The molecule has 0 saturated heterocycles. The lowest BCUT2D eigenvalue weighted by Crippen LogP contribution is -2.43. The molecule has 0 aliphatic rings. The number of H-pyrrole nitrogens is 1. The number of aromatic amines is 1. The van der Waals surface area contributed by atoms with Crippen LogP contribution in [0.5, 0.6) is 0 Å². The molecule has 0 radical (unpaired) electrons. The summed E-state index contributed by atoms with van der Waals surface area (Å²) in [5.41, 5.74) is 8.49. The van der Waals surface area contributed by atoms with Crippen molar-refractivity contribution in [3.63, 3.8) is 0 Å². The number of hydrogen-bond acceptors (Lipinski definition) is 5. The Kier molecular flexibility index (Phi) is 8.29. The number of hydrogen-bond donors (Lipinski definition) is 3. The molecule has 3 aromatic rings. The van der Waals surface area contributed by atoms with Gasteiger partial charge in [0.1, 0.15) is 11.5 Å². The van der Waals surface area contributed by atoms with Crippen LogP contribution in [0.3, 0.4) is 0 Å². The van der Waals surface area contributed by atoms with E-state index < -0.39 is 11.2 Å². The molecule has 0 atom stereocenters. The fraction of sp³-hybridized carbons (Fsp3) is 0.346. The molecule has 1 aromatic heterocycles. The maximum absolute atomic E-state index is 12.6. The minimum atomic E-state index is -0.605. The van der Waals surface area contributed by atoms with Crippen molar-refractivity contribution in [3.05, 3.63) is 92.1 Å². The van der Waals surface area contributed by atoms with Gasteiger partial charge in [-0.3, -0.25) is 19.1 Å². The van der Waals surface area contributed by atoms with E-state index in [0.717, 1.165) is 11.1 Å². The van der Waals surface area contributed by atoms with Crippen molar-refractivity contribution in [2.75, 3.05) is 30.3 Å². The number of nitrogens with two attached hydrogens (primary N) is 1. The van der Waals surface area contributed by atoms with E-state index in [9.17, 15) is 14.4 Å². The van der Waals surface area contributed by atoms with Gasteiger partial charge in [-0.05, 0) is 36.0 Å². The molecule has 4 N–H and O–H groups in total. The highest BCUT2D eigenvalue weighted by atomic mass is 16.2. The molecular weight excluding hydrogens is 430 g/mol. The third kappa shape index (κ3) is 6.15. The smallest absolute Gasteiger partial charge is 0.330 e. The largest absolute Gasteiger partial charge is 0.383 e. The van der Waals surface area contributed by atoms with Crippen molar-refractivity contribution in [1.82, 2.24) is 14.9 Å². The number of nitrogen functional groups attached to an aromatic ring is 1. The molecule has 0 bridgehead atoms. The fourth-order valence-corrected chi connectivity index (χ4v) is 3.80. The second-order valence-electron chi connectivity index (χ2n) is 8.58. The second-order valence-corrected chi connectivity index (χ2v) is 8.58. The first-order valence-electron chi connectivity index (χ1n) is 11.6. The van der Waals surface area contributed by atoms with Crippen molar-refractivity contribution < 1.29 is 4.79 Å². The van der Waals surface area contributed by atoms with Gasteiger partial charge in [0.2, 0.25) is 5.91 Å². The van der Waals surface area contributed by atoms with Gasteiger partial charge in [0.15, 0.2) is 0 Å². The molecule has 2 aromatic carbocycles. The Morgan fingerprint density at radius 3 is 2.35 bits per heavy atom. The summed E-state index contributed by atoms with van der Waals surface area (Å²) in [7, 11) is 0. The van der Waals surface area contributed by atoms with Crippen molar-refractivity contribution in [2.24, 2.45) is 0 Å². The van der Waals surface area contributed by atoms with Crippen LogP contribution in [0.25, 0.3) is 0 Å². The van der Waals surface area contributed by atoms with E-state index in [1.807, 2.05) is 37.3 Å². The van der Waals surface area contributed by atoms with Gasteiger partial charge in [0.05, 0.1) is 13.1 Å². The van der Waals surface area contributed by atoms with Gasteiger partial charge in [-0.15, -0.1) is 0 Å². The monoisotopic (exact) mass is 463 g/mol. The number of carbonyl (C=O) groups excluding carboxylic acids is 1. The molecule has 1 heterocycles. The second kappa shape index (κ2) is 11.4. The number of nitrogens with zero attached hydrogens (tertiary/aromatic N) is 2. The van der Waals surface area contributed by atoms with E-state index >= 15 is 0 Å². The highest BCUT2D eigenvalue weighted by Gasteiger charge is 2.20. The van der Waals surface area contributed by atoms with Crippen LogP contribution < -0.4 is 27.2 Å². The van der Waals surface area contributed by atoms with Crippen molar-refractivity contribution in [3.8, 4) is 0 Å². The quantitative estimate of drug-likeness (QED) is 0.428. The van der Waals surface area contributed by atoms with Gasteiger partial charge in [-0.25, -0.2) is 4.79 Å². The maximum atomic E-state index is 12.6. The minimum absolute atomic E-state index is 0.0393. The number of carbonyl (C=O) groups is 1. The van der Waals surface area contributed by atoms with Gasteiger partial charge in [-0.2, -0.15) is 0 Å². The maximum Gasteiger partial charge on any atom is 0.330 e. The summed E-state index contributed by atoms with van der Waals surface area (Å²) < 4.78 is 1.31. The lowest BCUT2D eigenvalue weighted by molar-refractivity contribution is -0.119. The average molecular weight is 464 g/mol. The molecule has 0 aliphatic heterocycles. The Balaban J connectivity index is 1.68. The zero-order valence-electron chi connectivity index (χ0n) is 20.0.